The van der Waals surface area contributed by atoms with E-state index < -0.39 is 0 Å². The van der Waals surface area contributed by atoms with Crippen molar-refractivity contribution in [3.63, 3.8) is 0 Å². The van der Waals surface area contributed by atoms with Gasteiger partial charge in [-0.3, -0.25) is 5.01 Å². The van der Waals surface area contributed by atoms with Crippen molar-refractivity contribution in [3.8, 4) is 10.6 Å². The lowest BCUT2D eigenvalue weighted by Gasteiger charge is -2.27. The Morgan fingerprint density at radius 3 is 2.25 bits per heavy atom. The minimum absolute atomic E-state index is 0. The van der Waals surface area contributed by atoms with Crippen LogP contribution in [0.15, 0.2) is 54.6 Å². The summed E-state index contributed by atoms with van der Waals surface area (Å²) in [6, 6.07) is 18.7. The first-order valence-corrected chi connectivity index (χ1v) is 8.35. The summed E-state index contributed by atoms with van der Waals surface area (Å²) in [5.74, 6) is 0. The zero-order chi connectivity index (χ0) is 16.2. The molecule has 0 radical (unpaired) electrons. The molecule has 0 fully saturated rings. The highest BCUT2D eigenvalue weighted by atomic mass is 35.5. The number of halogens is 1. The van der Waals surface area contributed by atoms with Crippen molar-refractivity contribution in [1.82, 2.24) is 15.2 Å². The van der Waals surface area contributed by atoms with E-state index in [2.05, 4.69) is 63.5 Å². The van der Waals surface area contributed by atoms with Gasteiger partial charge in [-0.15, -0.1) is 22.6 Å². The van der Waals surface area contributed by atoms with Crippen molar-refractivity contribution in [2.75, 3.05) is 19.1 Å². The number of hydrogen-bond donors (Lipinski definition) is 0. The van der Waals surface area contributed by atoms with E-state index >= 15 is 0 Å². The number of nitrogens with zero attached hydrogens (tertiary/aromatic N) is 4. The van der Waals surface area contributed by atoms with Gasteiger partial charge in [0.15, 0.2) is 0 Å². The van der Waals surface area contributed by atoms with Crippen LogP contribution in [0.1, 0.15) is 11.1 Å². The third-order valence-electron chi connectivity index (χ3n) is 3.67. The predicted octanol–water partition coefficient (Wildman–Crippen LogP) is 4.42. The molecule has 0 aliphatic heterocycles. The Labute approximate surface area is 153 Å². The molecule has 4 nitrogen and oxygen atoms in total. The monoisotopic (exact) mass is 360 g/mol. The lowest BCUT2D eigenvalue weighted by atomic mass is 10.1. The summed E-state index contributed by atoms with van der Waals surface area (Å²) >= 11 is 1.62. The normalized spacial score (nSPS) is 10.5. The highest BCUT2D eigenvalue weighted by molar-refractivity contribution is 7.18. The summed E-state index contributed by atoms with van der Waals surface area (Å²) < 4.78 is 0. The largest absolute Gasteiger partial charge is 0.275 e. The fourth-order valence-electron chi connectivity index (χ4n) is 2.38. The van der Waals surface area contributed by atoms with Crippen LogP contribution in [0.5, 0.6) is 0 Å². The molecule has 3 aromatic rings. The predicted molar refractivity (Wildman–Crippen MR) is 104 cm³/mol. The lowest BCUT2D eigenvalue weighted by molar-refractivity contribution is 0.364. The standard InChI is InChI=1S/C18H20N4S.ClH/c1-14-9-7-8-12-16(14)17-19-20-18(23-17)22(21(2)3)13-15-10-5-4-6-11-15;/h4-12H,13H2,1-3H3;1H. The minimum Gasteiger partial charge on any atom is -0.275 e. The molecule has 126 valence electrons. The number of rotatable bonds is 5. The Kier molecular flexibility index (Phi) is 6.31. The Morgan fingerprint density at radius 1 is 0.917 bits per heavy atom. The number of hydrazine groups is 1. The first kappa shape index (κ1) is 18.4. The topological polar surface area (TPSA) is 32.3 Å². The van der Waals surface area contributed by atoms with Crippen LogP contribution in [0, 0.1) is 6.92 Å². The van der Waals surface area contributed by atoms with Crippen LogP contribution >= 0.6 is 23.7 Å². The van der Waals surface area contributed by atoms with Gasteiger partial charge in [-0.05, 0) is 18.1 Å². The second kappa shape index (κ2) is 8.24. The SMILES string of the molecule is Cc1ccccc1-c1nnc(N(Cc2ccccc2)N(C)C)s1.Cl. The van der Waals surface area contributed by atoms with Crippen LogP contribution < -0.4 is 5.01 Å². The van der Waals surface area contributed by atoms with Gasteiger partial charge in [0, 0.05) is 19.7 Å². The third kappa shape index (κ3) is 4.12. The molecule has 0 bridgehead atoms. The number of hydrogen-bond acceptors (Lipinski definition) is 5. The molecule has 0 saturated heterocycles. The molecule has 3 rings (SSSR count). The quantitative estimate of drug-likeness (QED) is 0.630. The Hall–Kier alpha value is -1.95. The summed E-state index contributed by atoms with van der Waals surface area (Å²) in [6.45, 7) is 2.88. The molecule has 6 heteroatoms. The van der Waals surface area contributed by atoms with E-state index in [1.54, 1.807) is 11.3 Å². The molecule has 0 atom stereocenters. The van der Waals surface area contributed by atoms with Gasteiger partial charge in [-0.2, -0.15) is 0 Å². The maximum absolute atomic E-state index is 4.40. The highest BCUT2D eigenvalue weighted by Gasteiger charge is 2.16. The smallest absolute Gasteiger partial charge is 0.223 e. The van der Waals surface area contributed by atoms with Gasteiger partial charge in [0.25, 0.3) is 0 Å². The summed E-state index contributed by atoms with van der Waals surface area (Å²) in [6.07, 6.45) is 0. The zero-order valence-electron chi connectivity index (χ0n) is 14.0. The van der Waals surface area contributed by atoms with Crippen LogP contribution in [0.25, 0.3) is 10.6 Å². The molecule has 0 unspecified atom stereocenters. The molecule has 0 aliphatic rings. The molecule has 0 spiro atoms. The van der Waals surface area contributed by atoms with Crippen LogP contribution in [0.4, 0.5) is 5.13 Å². The number of benzene rings is 2. The van der Waals surface area contributed by atoms with Gasteiger partial charge in [-0.25, -0.2) is 5.01 Å². The lowest BCUT2D eigenvalue weighted by Crippen LogP contribution is -2.36. The summed E-state index contributed by atoms with van der Waals surface area (Å²) in [4.78, 5) is 0. The van der Waals surface area contributed by atoms with Crippen molar-refractivity contribution in [2.45, 2.75) is 13.5 Å². The summed E-state index contributed by atoms with van der Waals surface area (Å²) in [7, 11) is 4.05. The number of aryl methyl sites for hydroxylation is 1. The molecule has 0 saturated carbocycles. The van der Waals surface area contributed by atoms with Crippen LogP contribution in [0.3, 0.4) is 0 Å². The van der Waals surface area contributed by atoms with Gasteiger partial charge in [0.05, 0.1) is 6.54 Å². The molecular formula is C18H21ClN4S. The zero-order valence-corrected chi connectivity index (χ0v) is 15.6. The summed E-state index contributed by atoms with van der Waals surface area (Å²) in [5.41, 5.74) is 3.61. The first-order chi connectivity index (χ1) is 11.1. The van der Waals surface area contributed by atoms with E-state index in [-0.39, 0.29) is 12.4 Å². The van der Waals surface area contributed by atoms with E-state index in [1.165, 1.54) is 11.1 Å². The minimum atomic E-state index is 0. The van der Waals surface area contributed by atoms with E-state index in [0.717, 1.165) is 22.2 Å². The average Bonchev–Trinajstić information content (AvgIpc) is 3.03. The van der Waals surface area contributed by atoms with E-state index in [1.807, 2.05) is 32.3 Å². The molecule has 0 amide bonds. The second-order valence-electron chi connectivity index (χ2n) is 5.60. The van der Waals surface area contributed by atoms with Gasteiger partial charge in [0.1, 0.15) is 5.01 Å². The van der Waals surface area contributed by atoms with Crippen molar-refractivity contribution < 1.29 is 0 Å². The van der Waals surface area contributed by atoms with Crippen molar-refractivity contribution >= 4 is 28.9 Å². The van der Waals surface area contributed by atoms with Gasteiger partial charge in [-0.1, -0.05) is 65.9 Å². The Morgan fingerprint density at radius 2 is 1.58 bits per heavy atom. The van der Waals surface area contributed by atoms with E-state index in [0.29, 0.717) is 0 Å². The van der Waals surface area contributed by atoms with Crippen LogP contribution in [0.2, 0.25) is 0 Å². The molecular weight excluding hydrogens is 340 g/mol. The van der Waals surface area contributed by atoms with Gasteiger partial charge < -0.3 is 0 Å². The van der Waals surface area contributed by atoms with Gasteiger partial charge in [0.2, 0.25) is 5.13 Å². The molecule has 1 heterocycles. The molecule has 0 N–H and O–H groups in total. The number of anilines is 1. The molecule has 0 aliphatic carbocycles. The summed E-state index contributed by atoms with van der Waals surface area (Å²) in [5, 5.41) is 14.8. The Balaban J connectivity index is 0.00000208. The van der Waals surface area contributed by atoms with E-state index in [4.69, 9.17) is 0 Å². The fourth-order valence-corrected chi connectivity index (χ4v) is 3.39. The van der Waals surface area contributed by atoms with Crippen LogP contribution in [-0.2, 0) is 6.54 Å². The van der Waals surface area contributed by atoms with Crippen molar-refractivity contribution in [1.29, 1.82) is 0 Å². The molecule has 2 aromatic carbocycles. The first-order valence-electron chi connectivity index (χ1n) is 7.53. The molecule has 1 aromatic heterocycles. The molecule has 24 heavy (non-hydrogen) atoms. The maximum atomic E-state index is 4.40. The fraction of sp³-hybridized carbons (Fsp3) is 0.222. The highest BCUT2D eigenvalue weighted by Crippen LogP contribution is 2.31. The van der Waals surface area contributed by atoms with Crippen molar-refractivity contribution in [2.24, 2.45) is 0 Å². The van der Waals surface area contributed by atoms with Crippen molar-refractivity contribution in [3.05, 3.63) is 65.7 Å². The third-order valence-corrected chi connectivity index (χ3v) is 4.64. The van der Waals surface area contributed by atoms with Gasteiger partial charge >= 0.3 is 0 Å². The second-order valence-corrected chi connectivity index (χ2v) is 6.55. The maximum Gasteiger partial charge on any atom is 0.223 e. The van der Waals surface area contributed by atoms with Crippen LogP contribution in [-0.4, -0.2) is 29.3 Å². The van der Waals surface area contributed by atoms with E-state index in [9.17, 15) is 0 Å². The average molecular weight is 361 g/mol. The Bertz CT molecular complexity index is 773. The number of aromatic nitrogens is 2.